The summed E-state index contributed by atoms with van der Waals surface area (Å²) in [5.74, 6) is 0.0848. The number of anilines is 1. The SMILES string of the molecule is CCn1c(C)cc(O)c([C@H](c2ccc(SC)cc2)N2CCN(c3ccccc3)CC2)c1=O. The van der Waals surface area contributed by atoms with Crippen molar-refractivity contribution in [3.63, 3.8) is 0 Å². The highest BCUT2D eigenvalue weighted by Crippen LogP contribution is 2.34. The van der Waals surface area contributed by atoms with Gasteiger partial charge in [-0.2, -0.15) is 0 Å². The van der Waals surface area contributed by atoms with Gasteiger partial charge in [0.2, 0.25) is 0 Å². The highest BCUT2D eigenvalue weighted by Gasteiger charge is 2.31. The third-order valence-corrected chi connectivity index (χ3v) is 7.09. The van der Waals surface area contributed by atoms with Crippen LogP contribution < -0.4 is 10.5 Å². The molecule has 1 N–H and O–H groups in total. The van der Waals surface area contributed by atoms with Gasteiger partial charge in [-0.3, -0.25) is 9.69 Å². The topological polar surface area (TPSA) is 48.7 Å². The summed E-state index contributed by atoms with van der Waals surface area (Å²) in [4.78, 5) is 19.4. The van der Waals surface area contributed by atoms with E-state index in [9.17, 15) is 9.90 Å². The summed E-state index contributed by atoms with van der Waals surface area (Å²) in [6.07, 6.45) is 2.06. The summed E-state index contributed by atoms with van der Waals surface area (Å²) >= 11 is 1.70. The van der Waals surface area contributed by atoms with Gasteiger partial charge in [0, 0.05) is 49.0 Å². The number of piperazine rings is 1. The van der Waals surface area contributed by atoms with Crippen molar-refractivity contribution in [3.05, 3.63) is 87.8 Å². The number of pyridine rings is 1. The maximum absolute atomic E-state index is 13.5. The van der Waals surface area contributed by atoms with Crippen LogP contribution in [0.1, 0.15) is 29.8 Å². The molecule has 32 heavy (non-hydrogen) atoms. The molecule has 1 aromatic heterocycles. The number of aromatic hydroxyl groups is 1. The minimum Gasteiger partial charge on any atom is -0.507 e. The van der Waals surface area contributed by atoms with Crippen molar-refractivity contribution in [1.82, 2.24) is 9.47 Å². The second-order valence-corrected chi connectivity index (χ2v) is 9.05. The molecule has 6 heteroatoms. The first-order valence-electron chi connectivity index (χ1n) is 11.1. The predicted octanol–water partition coefficient (Wildman–Crippen LogP) is 4.52. The zero-order valence-corrected chi connectivity index (χ0v) is 19.8. The molecule has 0 bridgehead atoms. The molecule has 1 aliphatic heterocycles. The normalized spacial score (nSPS) is 15.7. The Hall–Kier alpha value is -2.70. The zero-order valence-electron chi connectivity index (χ0n) is 19.0. The van der Waals surface area contributed by atoms with Crippen LogP contribution in [-0.2, 0) is 6.54 Å². The number of rotatable bonds is 6. The Morgan fingerprint density at radius 3 is 2.25 bits per heavy atom. The van der Waals surface area contributed by atoms with Crippen LogP contribution in [0.5, 0.6) is 5.75 Å². The van der Waals surface area contributed by atoms with Crippen LogP contribution in [-0.4, -0.2) is 47.0 Å². The number of thioether (sulfide) groups is 1. The zero-order chi connectivity index (χ0) is 22.7. The van der Waals surface area contributed by atoms with Gasteiger partial charge in [0.1, 0.15) is 5.75 Å². The highest BCUT2D eigenvalue weighted by atomic mass is 32.2. The average Bonchev–Trinajstić information content (AvgIpc) is 2.83. The quantitative estimate of drug-likeness (QED) is 0.561. The van der Waals surface area contributed by atoms with Gasteiger partial charge in [0.15, 0.2) is 0 Å². The second kappa shape index (κ2) is 9.84. The Bertz CT molecular complexity index is 1100. The Morgan fingerprint density at radius 2 is 1.66 bits per heavy atom. The minimum absolute atomic E-state index is 0.0848. The average molecular weight is 450 g/mol. The molecule has 2 aromatic carbocycles. The molecule has 0 aliphatic carbocycles. The van der Waals surface area contributed by atoms with Crippen molar-refractivity contribution in [2.24, 2.45) is 0 Å². The number of aryl methyl sites for hydroxylation is 1. The number of para-hydroxylation sites is 1. The molecule has 0 saturated carbocycles. The van der Waals surface area contributed by atoms with Gasteiger partial charge >= 0.3 is 0 Å². The number of nitrogens with zero attached hydrogens (tertiary/aromatic N) is 3. The van der Waals surface area contributed by atoms with E-state index >= 15 is 0 Å². The molecule has 1 aliphatic rings. The lowest BCUT2D eigenvalue weighted by Gasteiger charge is -2.40. The van der Waals surface area contributed by atoms with E-state index < -0.39 is 0 Å². The Balaban J connectivity index is 1.72. The van der Waals surface area contributed by atoms with Gasteiger partial charge in [-0.05, 0) is 56.0 Å². The number of aromatic nitrogens is 1. The first kappa shape index (κ1) is 22.5. The third kappa shape index (κ3) is 4.43. The predicted molar refractivity (Wildman–Crippen MR) is 133 cm³/mol. The number of hydrogen-bond donors (Lipinski definition) is 1. The van der Waals surface area contributed by atoms with Gasteiger partial charge in [0.25, 0.3) is 5.56 Å². The maximum atomic E-state index is 13.5. The summed E-state index contributed by atoms with van der Waals surface area (Å²) in [6, 6.07) is 20.3. The highest BCUT2D eigenvalue weighted by molar-refractivity contribution is 7.98. The molecular formula is C26H31N3O2S. The Kier molecular flexibility index (Phi) is 6.92. The first-order valence-corrected chi connectivity index (χ1v) is 12.4. The molecule has 5 nitrogen and oxygen atoms in total. The molecule has 1 fully saturated rings. The van der Waals surface area contributed by atoms with E-state index in [4.69, 9.17) is 0 Å². The van der Waals surface area contributed by atoms with Crippen LogP contribution in [0.4, 0.5) is 5.69 Å². The molecule has 2 heterocycles. The van der Waals surface area contributed by atoms with E-state index in [0.717, 1.165) is 37.4 Å². The lowest BCUT2D eigenvalue weighted by Crippen LogP contribution is -2.49. The molecule has 4 rings (SSSR count). The van der Waals surface area contributed by atoms with Gasteiger partial charge in [0.05, 0.1) is 11.6 Å². The number of hydrogen-bond acceptors (Lipinski definition) is 5. The van der Waals surface area contributed by atoms with Gasteiger partial charge < -0.3 is 14.6 Å². The maximum Gasteiger partial charge on any atom is 0.259 e. The van der Waals surface area contributed by atoms with Crippen molar-refractivity contribution in [3.8, 4) is 5.75 Å². The van der Waals surface area contributed by atoms with Crippen molar-refractivity contribution >= 4 is 17.4 Å². The Labute approximate surface area is 194 Å². The fraction of sp³-hybridized carbons (Fsp3) is 0.346. The fourth-order valence-corrected chi connectivity index (χ4v) is 5.05. The van der Waals surface area contributed by atoms with Crippen molar-refractivity contribution in [2.45, 2.75) is 31.3 Å². The van der Waals surface area contributed by atoms with Gasteiger partial charge in [-0.15, -0.1) is 11.8 Å². The Morgan fingerprint density at radius 1 is 1.00 bits per heavy atom. The van der Waals surface area contributed by atoms with E-state index in [0.29, 0.717) is 12.1 Å². The van der Waals surface area contributed by atoms with E-state index in [1.165, 1.54) is 10.6 Å². The lowest BCUT2D eigenvalue weighted by atomic mass is 9.96. The summed E-state index contributed by atoms with van der Waals surface area (Å²) in [6.45, 7) is 7.78. The largest absolute Gasteiger partial charge is 0.507 e. The smallest absolute Gasteiger partial charge is 0.259 e. The molecule has 168 valence electrons. The first-order chi connectivity index (χ1) is 15.5. The van der Waals surface area contributed by atoms with Gasteiger partial charge in [-0.25, -0.2) is 0 Å². The molecule has 0 spiro atoms. The molecule has 1 atom stereocenters. The fourth-order valence-electron chi connectivity index (χ4n) is 4.64. The molecule has 0 unspecified atom stereocenters. The van der Waals surface area contributed by atoms with Crippen LogP contribution in [0.15, 0.2) is 70.4 Å². The van der Waals surface area contributed by atoms with Crippen LogP contribution in [0.25, 0.3) is 0 Å². The summed E-state index contributed by atoms with van der Waals surface area (Å²) in [5.41, 5.74) is 3.41. The number of benzene rings is 2. The molecule has 1 saturated heterocycles. The standard InChI is InChI=1S/C26H31N3O2S/c1-4-29-19(2)18-23(30)24(26(29)31)25(20-10-12-22(32-3)13-11-20)28-16-14-27(15-17-28)21-8-6-5-7-9-21/h5-13,18,25,30H,4,14-17H2,1-3H3/t25-/m0/s1. The van der Waals surface area contributed by atoms with E-state index in [2.05, 4.69) is 64.6 Å². The van der Waals surface area contributed by atoms with E-state index in [-0.39, 0.29) is 17.4 Å². The van der Waals surface area contributed by atoms with Crippen molar-refractivity contribution in [2.75, 3.05) is 37.3 Å². The molecule has 0 amide bonds. The summed E-state index contributed by atoms with van der Waals surface area (Å²) in [5, 5.41) is 10.9. The third-order valence-electron chi connectivity index (χ3n) is 6.34. The van der Waals surface area contributed by atoms with Crippen molar-refractivity contribution < 1.29 is 5.11 Å². The second-order valence-electron chi connectivity index (χ2n) is 8.17. The van der Waals surface area contributed by atoms with E-state index in [1.807, 2.05) is 19.9 Å². The minimum atomic E-state index is -0.283. The summed E-state index contributed by atoms with van der Waals surface area (Å²) < 4.78 is 1.75. The van der Waals surface area contributed by atoms with E-state index in [1.54, 1.807) is 22.4 Å². The van der Waals surface area contributed by atoms with Crippen LogP contribution in [0.2, 0.25) is 0 Å². The van der Waals surface area contributed by atoms with Crippen LogP contribution in [0, 0.1) is 6.92 Å². The molecule has 3 aromatic rings. The molecule has 0 radical (unpaired) electrons. The summed E-state index contributed by atoms with van der Waals surface area (Å²) in [7, 11) is 0. The van der Waals surface area contributed by atoms with Crippen LogP contribution >= 0.6 is 11.8 Å². The monoisotopic (exact) mass is 449 g/mol. The van der Waals surface area contributed by atoms with Gasteiger partial charge in [-0.1, -0.05) is 30.3 Å². The van der Waals surface area contributed by atoms with Crippen LogP contribution in [0.3, 0.4) is 0 Å². The lowest BCUT2D eigenvalue weighted by molar-refractivity contribution is 0.207. The van der Waals surface area contributed by atoms with Crippen molar-refractivity contribution in [1.29, 1.82) is 0 Å². The molecular weight excluding hydrogens is 418 g/mol.